The van der Waals surface area contributed by atoms with Gasteiger partial charge in [-0.2, -0.15) is 0 Å². The standard InChI is InChI=1S/C21H24ClFN4O2S/c1-12(2)9-25-26-20(28)15-7-18-19(8-16(15)23)30-11-17(24)21(29)27(18)10-13-3-5-14(22)6-4-13/h3-8,12,17,25H,9-11,24H2,1-2H3,(H,26,28)/t17-/m0/s1. The van der Waals surface area contributed by atoms with E-state index < -0.39 is 17.8 Å². The van der Waals surface area contributed by atoms with Gasteiger partial charge in [-0.15, -0.1) is 11.8 Å². The highest BCUT2D eigenvalue weighted by molar-refractivity contribution is 7.99. The van der Waals surface area contributed by atoms with E-state index >= 15 is 0 Å². The number of fused-ring (bicyclic) bond motifs is 1. The molecule has 0 saturated heterocycles. The molecule has 0 spiro atoms. The van der Waals surface area contributed by atoms with Crippen LogP contribution in [0.4, 0.5) is 10.1 Å². The summed E-state index contributed by atoms with van der Waals surface area (Å²) in [5, 5.41) is 0.587. The van der Waals surface area contributed by atoms with Gasteiger partial charge in [-0.3, -0.25) is 15.0 Å². The summed E-state index contributed by atoms with van der Waals surface area (Å²) < 4.78 is 14.7. The quantitative estimate of drug-likeness (QED) is 0.587. The number of carbonyl (C=O) groups is 2. The van der Waals surface area contributed by atoms with Crippen LogP contribution in [-0.2, 0) is 11.3 Å². The molecule has 0 bridgehead atoms. The molecule has 6 nitrogen and oxygen atoms in total. The molecule has 0 radical (unpaired) electrons. The number of thioether (sulfide) groups is 1. The van der Waals surface area contributed by atoms with E-state index in [4.69, 9.17) is 17.3 Å². The van der Waals surface area contributed by atoms with Gasteiger partial charge >= 0.3 is 0 Å². The number of benzene rings is 2. The van der Waals surface area contributed by atoms with Crippen molar-refractivity contribution in [1.29, 1.82) is 0 Å². The number of hydrogen-bond acceptors (Lipinski definition) is 5. The third kappa shape index (κ3) is 5.31. The molecular formula is C21H24ClFN4O2S. The lowest BCUT2D eigenvalue weighted by atomic mass is 10.1. The first-order valence-corrected chi connectivity index (χ1v) is 10.9. The lowest BCUT2D eigenvalue weighted by molar-refractivity contribution is -0.119. The van der Waals surface area contributed by atoms with Gasteiger partial charge in [0.25, 0.3) is 5.91 Å². The summed E-state index contributed by atoms with van der Waals surface area (Å²) in [5.41, 5.74) is 12.5. The highest BCUT2D eigenvalue weighted by Gasteiger charge is 2.30. The summed E-state index contributed by atoms with van der Waals surface area (Å²) in [5.74, 6) is -0.906. The Labute approximate surface area is 184 Å². The molecule has 1 heterocycles. The van der Waals surface area contributed by atoms with Crippen LogP contribution in [0, 0.1) is 11.7 Å². The van der Waals surface area contributed by atoms with Crippen LogP contribution in [0.1, 0.15) is 29.8 Å². The first-order chi connectivity index (χ1) is 14.3. The largest absolute Gasteiger partial charge is 0.319 e. The summed E-state index contributed by atoms with van der Waals surface area (Å²) >= 11 is 7.25. The summed E-state index contributed by atoms with van der Waals surface area (Å²) in [6.45, 7) is 4.76. The normalized spacial score (nSPS) is 16.4. The van der Waals surface area contributed by atoms with Crippen molar-refractivity contribution in [3.63, 3.8) is 0 Å². The number of nitrogens with two attached hydrogens (primary N) is 1. The van der Waals surface area contributed by atoms with Gasteiger partial charge in [0.15, 0.2) is 0 Å². The van der Waals surface area contributed by atoms with Crippen LogP contribution in [0.2, 0.25) is 5.02 Å². The van der Waals surface area contributed by atoms with Crippen molar-refractivity contribution in [2.75, 3.05) is 17.2 Å². The zero-order valence-corrected chi connectivity index (χ0v) is 18.3. The van der Waals surface area contributed by atoms with Crippen LogP contribution < -0.4 is 21.5 Å². The Morgan fingerprint density at radius 3 is 2.70 bits per heavy atom. The Morgan fingerprint density at radius 1 is 1.33 bits per heavy atom. The van der Waals surface area contributed by atoms with Gasteiger partial charge in [0.05, 0.1) is 23.8 Å². The average Bonchev–Trinajstić information content (AvgIpc) is 2.80. The van der Waals surface area contributed by atoms with Gasteiger partial charge in [-0.1, -0.05) is 37.6 Å². The van der Waals surface area contributed by atoms with E-state index in [0.717, 1.165) is 5.56 Å². The number of rotatable bonds is 6. The second-order valence-electron chi connectivity index (χ2n) is 7.50. The summed E-state index contributed by atoms with van der Waals surface area (Å²) in [7, 11) is 0. The van der Waals surface area contributed by atoms with Crippen molar-refractivity contribution in [3.8, 4) is 0 Å². The van der Waals surface area contributed by atoms with Crippen molar-refractivity contribution < 1.29 is 14.0 Å². The Hall–Kier alpha value is -2.13. The van der Waals surface area contributed by atoms with Gasteiger partial charge in [-0.25, -0.2) is 9.82 Å². The van der Waals surface area contributed by atoms with Gasteiger partial charge in [0.1, 0.15) is 5.82 Å². The third-order valence-electron chi connectivity index (χ3n) is 4.55. The predicted molar refractivity (Wildman–Crippen MR) is 118 cm³/mol. The minimum Gasteiger partial charge on any atom is -0.319 e. The second-order valence-corrected chi connectivity index (χ2v) is 9.00. The van der Waals surface area contributed by atoms with Crippen LogP contribution in [0.5, 0.6) is 0 Å². The number of hydrogen-bond donors (Lipinski definition) is 3. The molecule has 1 aliphatic heterocycles. The van der Waals surface area contributed by atoms with Gasteiger partial charge in [0.2, 0.25) is 5.91 Å². The molecule has 4 N–H and O–H groups in total. The van der Waals surface area contributed by atoms with Crippen LogP contribution in [-0.4, -0.2) is 30.2 Å². The minimum atomic E-state index is -0.734. The van der Waals surface area contributed by atoms with Crippen LogP contribution in [0.25, 0.3) is 0 Å². The Balaban J connectivity index is 1.95. The molecule has 0 fully saturated rings. The second kappa shape index (κ2) is 9.78. The molecule has 0 unspecified atom stereocenters. The number of halogens is 2. The summed E-state index contributed by atoms with van der Waals surface area (Å²) in [4.78, 5) is 27.5. The van der Waals surface area contributed by atoms with E-state index in [1.54, 1.807) is 12.1 Å². The number of amides is 2. The fourth-order valence-corrected chi connectivity index (χ4v) is 4.08. The van der Waals surface area contributed by atoms with E-state index in [0.29, 0.717) is 33.8 Å². The number of anilines is 1. The molecular weight excluding hydrogens is 427 g/mol. The van der Waals surface area contributed by atoms with Crippen molar-refractivity contribution in [3.05, 3.63) is 58.4 Å². The maximum Gasteiger partial charge on any atom is 0.268 e. The first-order valence-electron chi connectivity index (χ1n) is 9.57. The van der Waals surface area contributed by atoms with Gasteiger partial charge in [0, 0.05) is 22.2 Å². The molecule has 0 aliphatic carbocycles. The van der Waals surface area contributed by atoms with Crippen molar-refractivity contribution in [2.24, 2.45) is 11.7 Å². The van der Waals surface area contributed by atoms with Crippen LogP contribution in [0.15, 0.2) is 41.3 Å². The smallest absolute Gasteiger partial charge is 0.268 e. The highest BCUT2D eigenvalue weighted by Crippen LogP contribution is 2.37. The Morgan fingerprint density at radius 2 is 2.03 bits per heavy atom. The number of nitrogens with one attached hydrogen (secondary N) is 2. The fourth-order valence-electron chi connectivity index (χ4n) is 2.95. The number of carbonyl (C=O) groups excluding carboxylic acids is 2. The van der Waals surface area contributed by atoms with Crippen molar-refractivity contribution in [2.45, 2.75) is 31.3 Å². The lowest BCUT2D eigenvalue weighted by Gasteiger charge is -2.25. The molecule has 160 valence electrons. The van der Waals surface area contributed by atoms with E-state index in [-0.39, 0.29) is 18.0 Å². The average molecular weight is 451 g/mol. The van der Waals surface area contributed by atoms with E-state index in [2.05, 4.69) is 10.9 Å². The highest BCUT2D eigenvalue weighted by atomic mass is 35.5. The van der Waals surface area contributed by atoms with Crippen molar-refractivity contribution >= 4 is 40.9 Å². The topological polar surface area (TPSA) is 87.5 Å². The Bertz CT molecular complexity index is 939. The molecule has 0 saturated carbocycles. The van der Waals surface area contributed by atoms with E-state index in [9.17, 15) is 14.0 Å². The molecule has 3 rings (SSSR count). The first kappa shape index (κ1) is 22.6. The third-order valence-corrected chi connectivity index (χ3v) is 5.97. The van der Waals surface area contributed by atoms with Crippen LogP contribution in [0.3, 0.4) is 0 Å². The minimum absolute atomic E-state index is 0.144. The SMILES string of the molecule is CC(C)CNNC(=O)c1cc2c(cc1F)SC[C@H](N)C(=O)N2Cc1ccc(Cl)cc1. The number of hydrazine groups is 1. The zero-order valence-electron chi connectivity index (χ0n) is 16.7. The number of nitrogens with zero attached hydrogens (tertiary/aromatic N) is 1. The van der Waals surface area contributed by atoms with Gasteiger partial charge < -0.3 is 10.6 Å². The van der Waals surface area contributed by atoms with E-state index in [1.165, 1.54) is 28.8 Å². The van der Waals surface area contributed by atoms with Crippen molar-refractivity contribution in [1.82, 2.24) is 10.9 Å². The Kier molecular flexibility index (Phi) is 7.36. The van der Waals surface area contributed by atoms with E-state index in [1.807, 2.05) is 26.0 Å². The monoisotopic (exact) mass is 450 g/mol. The predicted octanol–water partition coefficient (Wildman–Crippen LogP) is 3.34. The molecule has 1 aliphatic rings. The molecule has 9 heteroatoms. The maximum absolute atomic E-state index is 14.7. The molecule has 30 heavy (non-hydrogen) atoms. The molecule has 1 atom stereocenters. The summed E-state index contributed by atoms with van der Waals surface area (Å²) in [6, 6.07) is 9.06. The van der Waals surface area contributed by atoms with Gasteiger partial charge in [-0.05, 0) is 35.7 Å². The molecule has 2 amide bonds. The molecule has 2 aromatic carbocycles. The summed E-state index contributed by atoms with van der Waals surface area (Å²) in [6.07, 6.45) is 0. The lowest BCUT2D eigenvalue weighted by Crippen LogP contribution is -2.44. The zero-order chi connectivity index (χ0) is 21.8. The molecule has 0 aromatic heterocycles. The maximum atomic E-state index is 14.7. The molecule has 2 aromatic rings. The fraction of sp³-hybridized carbons (Fsp3) is 0.333. The van der Waals surface area contributed by atoms with Crippen LogP contribution >= 0.6 is 23.4 Å².